The fourth-order valence-corrected chi connectivity index (χ4v) is 4.28. The third-order valence-electron chi connectivity index (χ3n) is 5.92. The molecule has 1 aliphatic rings. The van der Waals surface area contributed by atoms with Gasteiger partial charge in [-0.1, -0.05) is 42.5 Å². The highest BCUT2D eigenvalue weighted by Crippen LogP contribution is 2.37. The van der Waals surface area contributed by atoms with Crippen molar-refractivity contribution in [1.82, 2.24) is 4.90 Å². The summed E-state index contributed by atoms with van der Waals surface area (Å²) in [5, 5.41) is 0.523. The van der Waals surface area contributed by atoms with Crippen LogP contribution in [0.3, 0.4) is 0 Å². The van der Waals surface area contributed by atoms with Gasteiger partial charge in [0.25, 0.3) is 5.91 Å². The maximum Gasteiger partial charge on any atom is 0.290 e. The lowest BCUT2D eigenvalue weighted by molar-refractivity contribution is -0.896. The number of quaternary nitrogens is 1. The lowest BCUT2D eigenvalue weighted by Crippen LogP contribution is -3.11. The predicted molar refractivity (Wildman–Crippen MR) is 113 cm³/mol. The minimum absolute atomic E-state index is 0.110. The fraction of sp³-hybridized carbons (Fsp3) is 0.333. The van der Waals surface area contributed by atoms with E-state index in [1.165, 1.54) is 4.90 Å². The molecule has 1 aliphatic heterocycles. The number of benzene rings is 2. The molecule has 29 heavy (non-hydrogen) atoms. The third-order valence-corrected chi connectivity index (χ3v) is 5.92. The zero-order chi connectivity index (χ0) is 20.4. The highest BCUT2D eigenvalue weighted by atomic mass is 16.3. The lowest BCUT2D eigenvalue weighted by atomic mass is 9.98. The third kappa shape index (κ3) is 3.47. The van der Waals surface area contributed by atoms with Crippen molar-refractivity contribution in [3.8, 4) is 0 Å². The van der Waals surface area contributed by atoms with Crippen LogP contribution < -0.4 is 10.3 Å². The molecule has 0 radical (unpaired) electrons. The molecule has 0 saturated carbocycles. The van der Waals surface area contributed by atoms with Gasteiger partial charge in [0, 0.05) is 13.0 Å². The lowest BCUT2D eigenvalue weighted by Gasteiger charge is -2.26. The van der Waals surface area contributed by atoms with Crippen LogP contribution in [-0.4, -0.2) is 37.0 Å². The average molecular weight is 391 g/mol. The molecule has 0 fully saturated rings. The molecule has 3 aromatic rings. The topological polar surface area (TPSA) is 55.0 Å². The van der Waals surface area contributed by atoms with E-state index in [2.05, 4.69) is 13.8 Å². The van der Waals surface area contributed by atoms with Crippen LogP contribution in [0.5, 0.6) is 0 Å². The summed E-state index contributed by atoms with van der Waals surface area (Å²) in [4.78, 5) is 29.9. The largest absolute Gasteiger partial charge is 0.450 e. The molecular formula is C24H27N2O3+. The molecule has 1 amide bonds. The average Bonchev–Trinajstić information content (AvgIpc) is 3.04. The van der Waals surface area contributed by atoms with Crippen molar-refractivity contribution < 1.29 is 14.1 Å². The quantitative estimate of drug-likeness (QED) is 0.674. The Bertz CT molecular complexity index is 1070. The molecule has 0 bridgehead atoms. The first kappa shape index (κ1) is 19.4. The molecule has 5 heteroatoms. The van der Waals surface area contributed by atoms with Gasteiger partial charge < -0.3 is 14.2 Å². The first-order valence-corrected chi connectivity index (χ1v) is 10.4. The number of carbonyl (C=O) groups is 1. The van der Waals surface area contributed by atoms with Crippen molar-refractivity contribution >= 4 is 16.9 Å². The summed E-state index contributed by atoms with van der Waals surface area (Å²) < 4.78 is 5.95. The normalized spacial score (nSPS) is 16.0. The van der Waals surface area contributed by atoms with E-state index in [1.54, 1.807) is 12.1 Å². The van der Waals surface area contributed by atoms with E-state index in [0.717, 1.165) is 31.6 Å². The van der Waals surface area contributed by atoms with Crippen molar-refractivity contribution in [2.45, 2.75) is 26.3 Å². The summed E-state index contributed by atoms with van der Waals surface area (Å²) in [5.74, 6) is 0.00370. The number of nitrogens with zero attached hydrogens (tertiary/aromatic N) is 1. The van der Waals surface area contributed by atoms with E-state index in [1.807, 2.05) is 47.4 Å². The molecular weight excluding hydrogens is 364 g/mol. The van der Waals surface area contributed by atoms with Crippen LogP contribution in [0, 0.1) is 0 Å². The molecule has 4 rings (SSSR count). The number of rotatable bonds is 7. The number of carbonyl (C=O) groups excluding carboxylic acids is 1. The molecule has 0 unspecified atom stereocenters. The maximum atomic E-state index is 13.3. The van der Waals surface area contributed by atoms with Crippen LogP contribution in [0.2, 0.25) is 0 Å². The van der Waals surface area contributed by atoms with E-state index in [9.17, 15) is 9.59 Å². The fourth-order valence-electron chi connectivity index (χ4n) is 4.28. The number of nitrogens with one attached hydrogen (secondary N) is 1. The zero-order valence-corrected chi connectivity index (χ0v) is 17.0. The molecule has 5 nitrogen and oxygen atoms in total. The zero-order valence-electron chi connectivity index (χ0n) is 17.0. The monoisotopic (exact) mass is 391 g/mol. The smallest absolute Gasteiger partial charge is 0.290 e. The Morgan fingerprint density at radius 3 is 2.38 bits per heavy atom. The summed E-state index contributed by atoms with van der Waals surface area (Å²) in [6, 6.07) is 16.5. The van der Waals surface area contributed by atoms with Crippen molar-refractivity contribution in [2.75, 3.05) is 26.2 Å². The minimum atomic E-state index is -0.397. The van der Waals surface area contributed by atoms with Crippen molar-refractivity contribution in [2.24, 2.45) is 0 Å². The van der Waals surface area contributed by atoms with Gasteiger partial charge in [-0.2, -0.15) is 0 Å². The second kappa shape index (κ2) is 8.21. The van der Waals surface area contributed by atoms with Crippen molar-refractivity contribution in [3.63, 3.8) is 0 Å². The summed E-state index contributed by atoms with van der Waals surface area (Å²) in [5.41, 5.74) is 1.76. The van der Waals surface area contributed by atoms with Gasteiger partial charge in [-0.3, -0.25) is 9.59 Å². The van der Waals surface area contributed by atoms with Crippen molar-refractivity contribution in [3.05, 3.63) is 81.7 Å². The SMILES string of the molecule is CC[NH+](CC)CCCN1C(=O)c2oc3ccccc3c(=O)c2[C@@H]1c1ccccc1. The van der Waals surface area contributed by atoms with Crippen LogP contribution in [-0.2, 0) is 0 Å². The summed E-state index contributed by atoms with van der Waals surface area (Å²) in [7, 11) is 0. The summed E-state index contributed by atoms with van der Waals surface area (Å²) in [6.07, 6.45) is 0.883. The number of hydrogen-bond acceptors (Lipinski definition) is 3. The van der Waals surface area contributed by atoms with Gasteiger partial charge >= 0.3 is 0 Å². The number of fused-ring (bicyclic) bond motifs is 2. The number of amides is 1. The second-order valence-electron chi connectivity index (χ2n) is 7.54. The second-order valence-corrected chi connectivity index (χ2v) is 7.54. The molecule has 1 atom stereocenters. The first-order valence-electron chi connectivity index (χ1n) is 10.4. The number of para-hydroxylation sites is 1. The molecule has 1 N–H and O–H groups in total. The number of hydrogen-bond donors (Lipinski definition) is 1. The first-order chi connectivity index (χ1) is 14.2. The van der Waals surface area contributed by atoms with Crippen molar-refractivity contribution in [1.29, 1.82) is 0 Å². The Balaban J connectivity index is 1.77. The highest BCUT2D eigenvalue weighted by molar-refractivity contribution is 5.99. The Morgan fingerprint density at radius 2 is 1.66 bits per heavy atom. The minimum Gasteiger partial charge on any atom is -0.450 e. The van der Waals surface area contributed by atoms with Gasteiger partial charge in [-0.25, -0.2) is 0 Å². The summed E-state index contributed by atoms with van der Waals surface area (Å²) in [6.45, 7) is 8.09. The van der Waals surface area contributed by atoms with Crippen LogP contribution in [0.4, 0.5) is 0 Å². The van der Waals surface area contributed by atoms with E-state index < -0.39 is 6.04 Å². The molecule has 2 aromatic carbocycles. The van der Waals surface area contributed by atoms with Gasteiger partial charge in [0.05, 0.1) is 36.6 Å². The van der Waals surface area contributed by atoms with Gasteiger partial charge in [0.2, 0.25) is 5.76 Å². The highest BCUT2D eigenvalue weighted by Gasteiger charge is 2.42. The molecule has 1 aromatic heterocycles. The Labute approximate surface area is 170 Å². The van der Waals surface area contributed by atoms with Gasteiger partial charge in [-0.05, 0) is 31.5 Å². The van der Waals surface area contributed by atoms with E-state index in [-0.39, 0.29) is 17.1 Å². The molecule has 0 aliphatic carbocycles. The van der Waals surface area contributed by atoms with Crippen LogP contribution in [0.15, 0.2) is 63.8 Å². The Hall–Kier alpha value is -2.92. The van der Waals surface area contributed by atoms with Crippen LogP contribution >= 0.6 is 0 Å². The Kier molecular flexibility index (Phi) is 5.49. The predicted octanol–water partition coefficient (Wildman–Crippen LogP) is 2.65. The molecule has 2 heterocycles. The molecule has 150 valence electrons. The van der Waals surface area contributed by atoms with Gasteiger partial charge in [0.1, 0.15) is 5.58 Å². The maximum absolute atomic E-state index is 13.3. The van der Waals surface area contributed by atoms with E-state index >= 15 is 0 Å². The van der Waals surface area contributed by atoms with Crippen LogP contribution in [0.1, 0.15) is 48.0 Å². The van der Waals surface area contributed by atoms with Gasteiger partial charge in [0.15, 0.2) is 5.43 Å². The van der Waals surface area contributed by atoms with E-state index in [0.29, 0.717) is 23.1 Å². The molecule has 0 spiro atoms. The summed E-state index contributed by atoms with van der Waals surface area (Å²) >= 11 is 0. The molecule has 0 saturated heterocycles. The van der Waals surface area contributed by atoms with Gasteiger partial charge in [-0.15, -0.1) is 0 Å². The van der Waals surface area contributed by atoms with E-state index in [4.69, 9.17) is 4.42 Å². The Morgan fingerprint density at radius 1 is 0.966 bits per heavy atom. The standard InChI is InChI=1S/C24H26N2O3/c1-3-25(4-2)15-10-16-26-21(17-11-6-5-7-12-17)20-22(27)18-13-8-9-14-19(18)29-23(20)24(26)28/h5-9,11-14,21H,3-4,10,15-16H2,1-2H3/p+1/t21-/m0/s1. The van der Waals surface area contributed by atoms with Crippen LogP contribution in [0.25, 0.3) is 11.0 Å².